The van der Waals surface area contributed by atoms with Gasteiger partial charge in [-0.3, -0.25) is 4.79 Å². The Labute approximate surface area is 185 Å². The van der Waals surface area contributed by atoms with Crippen molar-refractivity contribution in [2.45, 2.75) is 27.7 Å². The summed E-state index contributed by atoms with van der Waals surface area (Å²) in [6.07, 6.45) is 1.75. The van der Waals surface area contributed by atoms with Crippen LogP contribution in [0.5, 0.6) is 0 Å². The summed E-state index contributed by atoms with van der Waals surface area (Å²) in [4.78, 5) is 25.7. The molecule has 0 atom stereocenters. The fourth-order valence-corrected chi connectivity index (χ4v) is 3.22. The minimum absolute atomic E-state index is 0.256. The van der Waals surface area contributed by atoms with Gasteiger partial charge in [0.1, 0.15) is 34.6 Å². The molecule has 1 amide bonds. The van der Waals surface area contributed by atoms with Crippen molar-refractivity contribution in [3.63, 3.8) is 0 Å². The van der Waals surface area contributed by atoms with Crippen LogP contribution in [-0.2, 0) is 0 Å². The molecule has 0 bridgehead atoms. The lowest BCUT2D eigenvalue weighted by atomic mass is 10.2. The number of anilines is 5. The van der Waals surface area contributed by atoms with Gasteiger partial charge < -0.3 is 20.5 Å². The number of carbonyl (C=O) groups is 1. The standard InChI is InChI=1S/C23H23N7O2/c1-13-9-10-24-19(11-13)29-21-12-20(25-16(4)26-21)27-17-5-7-18(8-6-17)28-23(31)22-14(2)30-32-15(22)3/h5-12H,1-4H3,(H,28,31)(H2,24,25,26,27,29). The third-order valence-electron chi connectivity index (χ3n) is 4.69. The first kappa shape index (κ1) is 21.0. The molecule has 162 valence electrons. The van der Waals surface area contributed by atoms with Crippen molar-refractivity contribution in [3.05, 3.63) is 77.1 Å². The smallest absolute Gasteiger partial charge is 0.261 e. The summed E-state index contributed by atoms with van der Waals surface area (Å²) in [6.45, 7) is 7.28. The zero-order valence-electron chi connectivity index (χ0n) is 18.2. The molecular formula is C23H23N7O2. The predicted octanol–water partition coefficient (Wildman–Crippen LogP) is 4.83. The number of amides is 1. The summed E-state index contributed by atoms with van der Waals surface area (Å²) in [5, 5.41) is 13.1. The topological polar surface area (TPSA) is 118 Å². The van der Waals surface area contributed by atoms with Gasteiger partial charge >= 0.3 is 0 Å². The number of aromatic nitrogens is 4. The molecule has 0 spiro atoms. The van der Waals surface area contributed by atoms with E-state index in [4.69, 9.17) is 4.52 Å². The highest BCUT2D eigenvalue weighted by Gasteiger charge is 2.17. The fourth-order valence-electron chi connectivity index (χ4n) is 3.22. The average molecular weight is 429 g/mol. The first-order chi connectivity index (χ1) is 15.4. The third-order valence-corrected chi connectivity index (χ3v) is 4.69. The lowest BCUT2D eigenvalue weighted by Crippen LogP contribution is -2.13. The lowest BCUT2D eigenvalue weighted by molar-refractivity contribution is 0.102. The number of nitrogens with one attached hydrogen (secondary N) is 3. The molecule has 0 saturated heterocycles. The van der Waals surface area contributed by atoms with E-state index in [1.165, 1.54) is 0 Å². The first-order valence-corrected chi connectivity index (χ1v) is 10.0. The molecule has 9 heteroatoms. The van der Waals surface area contributed by atoms with Crippen LogP contribution in [0.15, 0.2) is 53.2 Å². The van der Waals surface area contributed by atoms with E-state index in [0.717, 1.165) is 11.3 Å². The Balaban J connectivity index is 1.45. The highest BCUT2D eigenvalue weighted by molar-refractivity contribution is 6.05. The van der Waals surface area contributed by atoms with E-state index in [1.54, 1.807) is 20.0 Å². The summed E-state index contributed by atoms with van der Waals surface area (Å²) < 4.78 is 5.06. The molecule has 0 aliphatic heterocycles. The van der Waals surface area contributed by atoms with Gasteiger partial charge in [0.15, 0.2) is 0 Å². The van der Waals surface area contributed by atoms with Gasteiger partial charge in [-0.2, -0.15) is 0 Å². The molecule has 1 aromatic carbocycles. The number of aryl methyl sites for hydroxylation is 4. The second-order valence-corrected chi connectivity index (χ2v) is 7.38. The summed E-state index contributed by atoms with van der Waals surface area (Å²) in [5.41, 5.74) is 3.59. The molecule has 3 aromatic heterocycles. The van der Waals surface area contributed by atoms with E-state index >= 15 is 0 Å². The minimum Gasteiger partial charge on any atom is -0.361 e. The van der Waals surface area contributed by atoms with E-state index in [1.807, 2.05) is 56.3 Å². The molecule has 4 aromatic rings. The lowest BCUT2D eigenvalue weighted by Gasteiger charge is -2.11. The SMILES string of the molecule is Cc1ccnc(Nc2cc(Nc3ccc(NC(=O)c4c(C)noc4C)cc3)nc(C)n2)c1. The van der Waals surface area contributed by atoms with Crippen LogP contribution in [0.3, 0.4) is 0 Å². The highest BCUT2D eigenvalue weighted by Crippen LogP contribution is 2.22. The third kappa shape index (κ3) is 4.89. The average Bonchev–Trinajstić information content (AvgIpc) is 3.07. The Bertz CT molecular complexity index is 1250. The van der Waals surface area contributed by atoms with Crippen molar-refractivity contribution in [2.75, 3.05) is 16.0 Å². The monoisotopic (exact) mass is 429 g/mol. The number of carbonyl (C=O) groups excluding carboxylic acids is 1. The van der Waals surface area contributed by atoms with Crippen molar-refractivity contribution < 1.29 is 9.32 Å². The summed E-state index contributed by atoms with van der Waals surface area (Å²) in [6, 6.07) is 13.0. The van der Waals surface area contributed by atoms with Crippen molar-refractivity contribution in [1.82, 2.24) is 20.1 Å². The minimum atomic E-state index is -0.256. The molecule has 0 radical (unpaired) electrons. The Morgan fingerprint density at radius 1 is 0.844 bits per heavy atom. The van der Waals surface area contributed by atoms with E-state index in [9.17, 15) is 4.79 Å². The number of nitrogens with zero attached hydrogens (tertiary/aromatic N) is 4. The Morgan fingerprint density at radius 2 is 1.53 bits per heavy atom. The second kappa shape index (κ2) is 8.84. The molecule has 0 aliphatic carbocycles. The van der Waals surface area contributed by atoms with Gasteiger partial charge in [0.05, 0.1) is 5.69 Å². The van der Waals surface area contributed by atoms with Gasteiger partial charge in [-0.15, -0.1) is 0 Å². The van der Waals surface area contributed by atoms with Gasteiger partial charge in [0.25, 0.3) is 5.91 Å². The zero-order chi connectivity index (χ0) is 22.7. The molecule has 0 unspecified atom stereocenters. The molecule has 9 nitrogen and oxygen atoms in total. The van der Waals surface area contributed by atoms with E-state index < -0.39 is 0 Å². The number of pyridine rings is 1. The summed E-state index contributed by atoms with van der Waals surface area (Å²) in [5.74, 6) is 2.85. The van der Waals surface area contributed by atoms with Crippen LogP contribution in [0.2, 0.25) is 0 Å². The van der Waals surface area contributed by atoms with Crippen LogP contribution in [0.1, 0.15) is 33.2 Å². The van der Waals surface area contributed by atoms with Gasteiger partial charge in [0.2, 0.25) is 0 Å². The molecule has 4 rings (SSSR count). The maximum absolute atomic E-state index is 12.5. The second-order valence-electron chi connectivity index (χ2n) is 7.38. The Kier molecular flexibility index (Phi) is 5.80. The highest BCUT2D eigenvalue weighted by atomic mass is 16.5. The van der Waals surface area contributed by atoms with Gasteiger partial charge in [-0.25, -0.2) is 15.0 Å². The molecule has 0 saturated carbocycles. The maximum Gasteiger partial charge on any atom is 0.261 e. The largest absolute Gasteiger partial charge is 0.361 e. The summed E-state index contributed by atoms with van der Waals surface area (Å²) >= 11 is 0. The first-order valence-electron chi connectivity index (χ1n) is 10.0. The van der Waals surface area contributed by atoms with E-state index in [2.05, 4.69) is 36.1 Å². The van der Waals surface area contributed by atoms with Crippen molar-refractivity contribution >= 4 is 34.7 Å². The molecule has 32 heavy (non-hydrogen) atoms. The number of benzene rings is 1. The van der Waals surface area contributed by atoms with Gasteiger partial charge in [-0.1, -0.05) is 5.16 Å². The van der Waals surface area contributed by atoms with Crippen LogP contribution in [0.25, 0.3) is 0 Å². The number of rotatable bonds is 6. The fraction of sp³-hybridized carbons (Fsp3) is 0.174. The van der Waals surface area contributed by atoms with Crippen LogP contribution >= 0.6 is 0 Å². The van der Waals surface area contributed by atoms with Crippen LogP contribution in [0, 0.1) is 27.7 Å². The number of hydrogen-bond donors (Lipinski definition) is 3. The van der Waals surface area contributed by atoms with Crippen molar-refractivity contribution in [1.29, 1.82) is 0 Å². The van der Waals surface area contributed by atoms with Crippen molar-refractivity contribution in [2.24, 2.45) is 0 Å². The molecule has 0 fully saturated rings. The van der Waals surface area contributed by atoms with Crippen LogP contribution < -0.4 is 16.0 Å². The maximum atomic E-state index is 12.5. The van der Waals surface area contributed by atoms with Crippen LogP contribution in [-0.4, -0.2) is 26.0 Å². The quantitative estimate of drug-likeness (QED) is 0.399. The van der Waals surface area contributed by atoms with E-state index in [0.29, 0.717) is 46.0 Å². The molecule has 3 N–H and O–H groups in total. The summed E-state index contributed by atoms with van der Waals surface area (Å²) in [7, 11) is 0. The Hall–Kier alpha value is -4.27. The van der Waals surface area contributed by atoms with Gasteiger partial charge in [0, 0.05) is 23.6 Å². The normalized spacial score (nSPS) is 10.6. The van der Waals surface area contributed by atoms with Gasteiger partial charge in [-0.05, 0) is 69.7 Å². The molecular weight excluding hydrogens is 406 g/mol. The molecule has 0 aliphatic rings. The predicted molar refractivity (Wildman–Crippen MR) is 123 cm³/mol. The Morgan fingerprint density at radius 3 is 2.19 bits per heavy atom. The van der Waals surface area contributed by atoms with Crippen molar-refractivity contribution in [3.8, 4) is 0 Å². The molecule has 3 heterocycles. The van der Waals surface area contributed by atoms with E-state index in [-0.39, 0.29) is 5.91 Å². The van der Waals surface area contributed by atoms with Crippen LogP contribution in [0.4, 0.5) is 28.8 Å². The zero-order valence-corrected chi connectivity index (χ0v) is 18.2. The number of hydrogen-bond acceptors (Lipinski definition) is 8.